The minimum atomic E-state index is -1.44. The smallest absolute Gasteiger partial charge is 0.341 e. The van der Waals surface area contributed by atoms with Crippen LogP contribution >= 0.6 is 0 Å². The summed E-state index contributed by atoms with van der Waals surface area (Å²) in [6, 6.07) is -0.173. The van der Waals surface area contributed by atoms with E-state index in [-0.39, 0.29) is 29.1 Å². The van der Waals surface area contributed by atoms with E-state index < -0.39 is 40.1 Å². The number of aromatic carboxylic acids is 1. The molecule has 2 N–H and O–H groups in total. The molecule has 0 saturated heterocycles. The summed E-state index contributed by atoms with van der Waals surface area (Å²) in [7, 11) is 0. The molecule has 0 bridgehead atoms. The number of amides is 1. The van der Waals surface area contributed by atoms with E-state index in [0.717, 1.165) is 6.20 Å². The fourth-order valence-corrected chi connectivity index (χ4v) is 3.07. The van der Waals surface area contributed by atoms with Gasteiger partial charge in [-0.25, -0.2) is 13.6 Å². The first-order valence-corrected chi connectivity index (χ1v) is 7.02. The predicted octanol–water partition coefficient (Wildman–Crippen LogP) is 1.56. The maximum absolute atomic E-state index is 14.5. The molecule has 2 aliphatic rings. The zero-order valence-electron chi connectivity index (χ0n) is 11.7. The summed E-state index contributed by atoms with van der Waals surface area (Å²) >= 11 is 0. The number of nitrogens with one attached hydrogen (secondary N) is 1. The number of rotatable bonds is 2. The Balaban J connectivity index is 2.26. The summed E-state index contributed by atoms with van der Waals surface area (Å²) < 4.78 is 30.1. The van der Waals surface area contributed by atoms with Crippen molar-refractivity contribution in [3.63, 3.8) is 0 Å². The monoisotopic (exact) mass is 320 g/mol. The average Bonchev–Trinajstić information content (AvgIpc) is 3.27. The van der Waals surface area contributed by atoms with Gasteiger partial charge in [0.25, 0.3) is 5.91 Å². The van der Waals surface area contributed by atoms with Crippen LogP contribution in [-0.4, -0.2) is 21.6 Å². The normalized spacial score (nSPS) is 16.5. The summed E-state index contributed by atoms with van der Waals surface area (Å²) in [5.41, 5.74) is -2.19. The van der Waals surface area contributed by atoms with Gasteiger partial charge in [0, 0.05) is 24.3 Å². The van der Waals surface area contributed by atoms with E-state index >= 15 is 0 Å². The molecule has 1 aliphatic carbocycles. The van der Waals surface area contributed by atoms with Gasteiger partial charge >= 0.3 is 5.97 Å². The maximum Gasteiger partial charge on any atom is 0.341 e. The van der Waals surface area contributed by atoms with Gasteiger partial charge in [-0.15, -0.1) is 0 Å². The lowest BCUT2D eigenvalue weighted by Gasteiger charge is -2.15. The molecule has 0 radical (unpaired) electrons. The molecule has 0 spiro atoms. The second-order valence-corrected chi connectivity index (χ2v) is 5.70. The van der Waals surface area contributed by atoms with Gasteiger partial charge in [-0.3, -0.25) is 9.59 Å². The third kappa shape index (κ3) is 1.74. The summed E-state index contributed by atoms with van der Waals surface area (Å²) in [6.07, 6.45) is 2.43. The third-order valence-electron chi connectivity index (χ3n) is 4.28. The van der Waals surface area contributed by atoms with Crippen molar-refractivity contribution in [1.82, 2.24) is 9.88 Å². The zero-order valence-corrected chi connectivity index (χ0v) is 11.7. The molecular formula is C15H10F2N2O4. The number of hydrogen-bond acceptors (Lipinski definition) is 3. The highest BCUT2D eigenvalue weighted by molar-refractivity contribution is 6.05. The number of fused-ring (bicyclic) bond motifs is 3. The van der Waals surface area contributed by atoms with Gasteiger partial charge in [0.2, 0.25) is 5.43 Å². The van der Waals surface area contributed by atoms with Crippen LogP contribution in [0.25, 0.3) is 10.9 Å². The highest BCUT2D eigenvalue weighted by Crippen LogP contribution is 2.39. The molecule has 23 heavy (non-hydrogen) atoms. The largest absolute Gasteiger partial charge is 0.477 e. The topological polar surface area (TPSA) is 88.4 Å². The number of nitrogens with zero attached hydrogens (tertiary/aromatic N) is 1. The van der Waals surface area contributed by atoms with Crippen LogP contribution in [0.3, 0.4) is 0 Å². The van der Waals surface area contributed by atoms with Crippen LogP contribution in [0.1, 0.15) is 45.2 Å². The standard InChI is InChI=1S/C15H10F2N2O4/c16-10-8-6(3-18-14(8)21)9-12(11(10)17)19(5-1-2-5)4-7(13(9)20)15(22)23/h4-5H,1-3H2,(H,18,21)(H,22,23). The number of hydrogen-bond donors (Lipinski definition) is 2. The Morgan fingerprint density at radius 1 is 1.26 bits per heavy atom. The van der Waals surface area contributed by atoms with Gasteiger partial charge in [0.1, 0.15) is 5.56 Å². The van der Waals surface area contributed by atoms with E-state index in [0.29, 0.717) is 12.8 Å². The molecule has 1 aliphatic heterocycles. The molecule has 1 fully saturated rings. The zero-order chi connectivity index (χ0) is 16.5. The third-order valence-corrected chi connectivity index (χ3v) is 4.28. The van der Waals surface area contributed by atoms with Crippen LogP contribution < -0.4 is 10.7 Å². The molecule has 0 unspecified atom stereocenters. The van der Waals surface area contributed by atoms with Gasteiger partial charge in [-0.1, -0.05) is 0 Å². The van der Waals surface area contributed by atoms with E-state index in [1.54, 1.807) is 0 Å². The van der Waals surface area contributed by atoms with Crippen LogP contribution in [-0.2, 0) is 6.54 Å². The Kier molecular flexibility index (Phi) is 2.64. The first kappa shape index (κ1) is 13.9. The average molecular weight is 320 g/mol. The van der Waals surface area contributed by atoms with E-state index in [2.05, 4.69) is 5.32 Å². The van der Waals surface area contributed by atoms with Crippen LogP contribution in [0.5, 0.6) is 0 Å². The lowest BCUT2D eigenvalue weighted by molar-refractivity contribution is 0.0694. The number of carbonyl (C=O) groups is 2. The van der Waals surface area contributed by atoms with E-state index in [1.807, 2.05) is 0 Å². The van der Waals surface area contributed by atoms with Gasteiger partial charge in [0.05, 0.1) is 16.5 Å². The number of halogens is 2. The van der Waals surface area contributed by atoms with E-state index in [4.69, 9.17) is 0 Å². The number of carboxylic acid groups (broad SMARTS) is 1. The fraction of sp³-hybridized carbons (Fsp3) is 0.267. The van der Waals surface area contributed by atoms with Crippen molar-refractivity contribution in [2.75, 3.05) is 0 Å². The van der Waals surface area contributed by atoms with Gasteiger partial charge in [-0.2, -0.15) is 0 Å². The second kappa shape index (κ2) is 4.37. The highest BCUT2D eigenvalue weighted by Gasteiger charge is 2.35. The summed E-state index contributed by atoms with van der Waals surface area (Å²) in [5.74, 6) is -4.85. The molecule has 4 rings (SSSR count). The minimum absolute atomic E-state index is 0.0198. The Morgan fingerprint density at radius 2 is 1.96 bits per heavy atom. The minimum Gasteiger partial charge on any atom is -0.477 e. The highest BCUT2D eigenvalue weighted by atomic mass is 19.2. The summed E-state index contributed by atoms with van der Waals surface area (Å²) in [5, 5.41) is 11.3. The van der Waals surface area contributed by atoms with Gasteiger partial charge in [-0.05, 0) is 12.8 Å². The number of carboxylic acids is 1. The SMILES string of the molecule is O=C1NCc2c1c(F)c(F)c1c2c(=O)c(C(=O)O)cn1C1CC1. The fourth-order valence-electron chi connectivity index (χ4n) is 3.07. The Hall–Kier alpha value is -2.77. The Bertz CT molecular complexity index is 976. The Morgan fingerprint density at radius 3 is 2.57 bits per heavy atom. The number of pyridine rings is 1. The molecule has 1 saturated carbocycles. The lowest BCUT2D eigenvalue weighted by Crippen LogP contribution is -2.21. The van der Waals surface area contributed by atoms with Crippen molar-refractivity contribution >= 4 is 22.8 Å². The maximum atomic E-state index is 14.5. The van der Waals surface area contributed by atoms with Gasteiger partial charge in [0.15, 0.2) is 11.6 Å². The quantitative estimate of drug-likeness (QED) is 0.879. The molecule has 1 amide bonds. The second-order valence-electron chi connectivity index (χ2n) is 5.70. The van der Waals surface area contributed by atoms with Crippen LogP contribution in [0, 0.1) is 11.6 Å². The first-order valence-electron chi connectivity index (χ1n) is 7.02. The summed E-state index contributed by atoms with van der Waals surface area (Å²) in [6.45, 7) is -0.134. The summed E-state index contributed by atoms with van der Waals surface area (Å²) in [4.78, 5) is 35.5. The van der Waals surface area contributed by atoms with Crippen LogP contribution in [0.15, 0.2) is 11.0 Å². The number of benzene rings is 1. The molecule has 1 aromatic carbocycles. The van der Waals surface area contributed by atoms with Crippen molar-refractivity contribution < 1.29 is 23.5 Å². The molecule has 118 valence electrons. The molecule has 2 aromatic rings. The van der Waals surface area contributed by atoms with Crippen molar-refractivity contribution in [2.45, 2.75) is 25.4 Å². The molecule has 6 nitrogen and oxygen atoms in total. The van der Waals surface area contributed by atoms with Crippen molar-refractivity contribution in [2.24, 2.45) is 0 Å². The van der Waals surface area contributed by atoms with Gasteiger partial charge < -0.3 is 15.0 Å². The van der Waals surface area contributed by atoms with Crippen LogP contribution in [0.2, 0.25) is 0 Å². The molecule has 2 heterocycles. The van der Waals surface area contributed by atoms with E-state index in [1.165, 1.54) is 4.57 Å². The predicted molar refractivity (Wildman–Crippen MR) is 74.5 cm³/mol. The molecule has 8 heteroatoms. The molecule has 0 atom stereocenters. The lowest BCUT2D eigenvalue weighted by atomic mass is 10.00. The first-order chi connectivity index (χ1) is 10.9. The molecular weight excluding hydrogens is 310 g/mol. The number of carbonyl (C=O) groups excluding carboxylic acids is 1. The Labute approximate surface area is 127 Å². The number of aromatic nitrogens is 1. The molecule has 1 aromatic heterocycles. The van der Waals surface area contributed by atoms with Crippen LogP contribution in [0.4, 0.5) is 8.78 Å². The van der Waals surface area contributed by atoms with Crippen molar-refractivity contribution in [3.05, 3.63) is 44.7 Å². The van der Waals surface area contributed by atoms with Crippen molar-refractivity contribution in [3.8, 4) is 0 Å². The van der Waals surface area contributed by atoms with Crippen molar-refractivity contribution in [1.29, 1.82) is 0 Å². The van der Waals surface area contributed by atoms with E-state index in [9.17, 15) is 28.3 Å².